The van der Waals surface area contributed by atoms with Gasteiger partial charge in [0.1, 0.15) is 11.3 Å². The maximum atomic E-state index is 13.0. The number of aryl methyl sites for hydroxylation is 2. The zero-order valence-electron chi connectivity index (χ0n) is 18.4. The van der Waals surface area contributed by atoms with Crippen molar-refractivity contribution in [2.45, 2.75) is 33.0 Å². The number of rotatable bonds is 4. The van der Waals surface area contributed by atoms with Crippen molar-refractivity contribution in [1.29, 1.82) is 0 Å². The summed E-state index contributed by atoms with van der Waals surface area (Å²) in [6.45, 7) is 6.74. The van der Waals surface area contributed by atoms with E-state index in [1.807, 2.05) is 11.8 Å². The molecule has 1 saturated heterocycles. The van der Waals surface area contributed by atoms with Crippen LogP contribution in [-0.2, 0) is 12.7 Å². The summed E-state index contributed by atoms with van der Waals surface area (Å²) in [5, 5.41) is 11.3. The summed E-state index contributed by atoms with van der Waals surface area (Å²) in [6.07, 6.45) is -3.67. The van der Waals surface area contributed by atoms with Crippen LogP contribution in [0.4, 0.5) is 18.9 Å². The normalized spacial score (nSPS) is 15.4. The van der Waals surface area contributed by atoms with E-state index in [-0.39, 0.29) is 10.7 Å². The van der Waals surface area contributed by atoms with Crippen molar-refractivity contribution >= 4 is 34.6 Å². The van der Waals surface area contributed by atoms with E-state index in [9.17, 15) is 13.2 Å². The molecule has 0 bridgehead atoms. The molecule has 3 aromatic rings. The number of thiocarbonyl (C=S) groups is 1. The molecule has 0 atom stereocenters. The van der Waals surface area contributed by atoms with Crippen LogP contribution in [0.1, 0.15) is 29.3 Å². The fraction of sp³-hybridized carbons (Fsp3) is 0.429. The van der Waals surface area contributed by atoms with E-state index in [1.165, 1.54) is 6.07 Å². The zero-order valence-corrected chi connectivity index (χ0v) is 20.0. The molecule has 0 amide bonds. The molecule has 0 unspecified atom stereocenters. The molecule has 13 heteroatoms. The molecule has 0 saturated carbocycles. The van der Waals surface area contributed by atoms with E-state index in [2.05, 4.69) is 25.5 Å². The smallest absolute Gasteiger partial charge is 0.361 e. The number of alkyl halides is 3. The number of halogens is 4. The number of nitrogens with one attached hydrogen (secondary N) is 1. The summed E-state index contributed by atoms with van der Waals surface area (Å²) in [4.78, 5) is 8.55. The minimum Gasteiger partial charge on any atom is -0.361 e. The molecule has 1 N–H and O–H groups in total. The third-order valence-electron chi connectivity index (χ3n) is 5.49. The van der Waals surface area contributed by atoms with Crippen LogP contribution in [0.5, 0.6) is 0 Å². The summed E-state index contributed by atoms with van der Waals surface area (Å²) in [6, 6.07) is 3.11. The number of hydrogen-bond donors (Lipinski definition) is 1. The quantitative estimate of drug-likeness (QED) is 0.488. The molecule has 8 nitrogen and oxygen atoms in total. The maximum absolute atomic E-state index is 13.0. The Morgan fingerprint density at radius 1 is 1.15 bits per heavy atom. The molecule has 182 valence electrons. The lowest BCUT2D eigenvalue weighted by atomic mass is 10.2. The molecule has 0 spiro atoms. The zero-order chi connectivity index (χ0) is 24.5. The van der Waals surface area contributed by atoms with Gasteiger partial charge in [0.05, 0.1) is 28.5 Å². The van der Waals surface area contributed by atoms with Crippen LogP contribution in [0.25, 0.3) is 11.5 Å². The Balaban J connectivity index is 1.36. The number of nitrogens with zero attached hydrogens (tertiary/aromatic N) is 5. The second kappa shape index (κ2) is 9.88. The molecule has 2 aromatic heterocycles. The van der Waals surface area contributed by atoms with E-state index in [1.54, 1.807) is 6.92 Å². The summed E-state index contributed by atoms with van der Waals surface area (Å²) in [5.74, 6) is 1.52. The van der Waals surface area contributed by atoms with Gasteiger partial charge in [-0.25, -0.2) is 0 Å². The topological polar surface area (TPSA) is 83.5 Å². The van der Waals surface area contributed by atoms with Crippen LogP contribution in [0.15, 0.2) is 27.2 Å². The highest BCUT2D eigenvalue weighted by atomic mass is 35.5. The predicted octanol–water partition coefficient (Wildman–Crippen LogP) is 4.92. The van der Waals surface area contributed by atoms with Crippen molar-refractivity contribution in [2.75, 3.05) is 31.5 Å². The van der Waals surface area contributed by atoms with Crippen molar-refractivity contribution in [3.05, 3.63) is 46.1 Å². The van der Waals surface area contributed by atoms with Crippen LogP contribution in [0, 0.1) is 13.8 Å². The molecule has 1 aliphatic heterocycles. The molecular formula is C21H22ClF3N6O2S. The SMILES string of the molecule is Cc1noc(C)c1-c1nc(CN2CCCN(C(=S)Nc3cc(C(F)(F)F)ccc3Cl)CC2)no1. The molecule has 1 aliphatic rings. The monoisotopic (exact) mass is 514 g/mol. The summed E-state index contributed by atoms with van der Waals surface area (Å²) >= 11 is 11.5. The highest BCUT2D eigenvalue weighted by Crippen LogP contribution is 2.34. The van der Waals surface area contributed by atoms with Crippen molar-refractivity contribution in [1.82, 2.24) is 25.1 Å². The van der Waals surface area contributed by atoms with Crippen LogP contribution in [-0.4, -0.2) is 56.4 Å². The fourth-order valence-electron chi connectivity index (χ4n) is 3.73. The van der Waals surface area contributed by atoms with Gasteiger partial charge >= 0.3 is 6.18 Å². The highest BCUT2D eigenvalue weighted by molar-refractivity contribution is 7.80. The number of aromatic nitrogens is 3. The molecule has 3 heterocycles. The fourth-order valence-corrected chi connectivity index (χ4v) is 4.19. The first kappa shape index (κ1) is 24.4. The maximum Gasteiger partial charge on any atom is 0.416 e. The number of benzene rings is 1. The summed E-state index contributed by atoms with van der Waals surface area (Å²) in [5.41, 5.74) is 0.715. The lowest BCUT2D eigenvalue weighted by molar-refractivity contribution is -0.137. The van der Waals surface area contributed by atoms with Crippen LogP contribution < -0.4 is 5.32 Å². The van der Waals surface area contributed by atoms with Gasteiger partial charge < -0.3 is 19.3 Å². The molecule has 34 heavy (non-hydrogen) atoms. The largest absolute Gasteiger partial charge is 0.416 e. The third-order valence-corrected chi connectivity index (χ3v) is 6.18. The van der Waals surface area contributed by atoms with Gasteiger partial charge in [-0.3, -0.25) is 4.90 Å². The second-order valence-electron chi connectivity index (χ2n) is 7.95. The van der Waals surface area contributed by atoms with Crippen LogP contribution >= 0.6 is 23.8 Å². The van der Waals surface area contributed by atoms with E-state index in [4.69, 9.17) is 32.9 Å². The van der Waals surface area contributed by atoms with Gasteiger partial charge in [0, 0.05) is 26.2 Å². The Bertz CT molecular complexity index is 1160. The number of anilines is 1. The Kier molecular flexibility index (Phi) is 7.10. The Hall–Kier alpha value is -2.70. The third kappa shape index (κ3) is 5.50. The van der Waals surface area contributed by atoms with E-state index >= 15 is 0 Å². The summed E-state index contributed by atoms with van der Waals surface area (Å²) in [7, 11) is 0. The van der Waals surface area contributed by atoms with Crippen molar-refractivity contribution in [3.8, 4) is 11.5 Å². The van der Waals surface area contributed by atoms with Crippen molar-refractivity contribution in [2.24, 2.45) is 0 Å². The first-order valence-electron chi connectivity index (χ1n) is 10.5. The van der Waals surface area contributed by atoms with E-state index in [0.717, 1.165) is 25.1 Å². The van der Waals surface area contributed by atoms with Gasteiger partial charge in [-0.2, -0.15) is 18.2 Å². The Morgan fingerprint density at radius 2 is 1.94 bits per heavy atom. The number of hydrogen-bond acceptors (Lipinski definition) is 7. The first-order valence-corrected chi connectivity index (χ1v) is 11.3. The Morgan fingerprint density at radius 3 is 2.65 bits per heavy atom. The second-order valence-corrected chi connectivity index (χ2v) is 8.75. The minimum absolute atomic E-state index is 0.126. The average molecular weight is 515 g/mol. The highest BCUT2D eigenvalue weighted by Gasteiger charge is 2.31. The predicted molar refractivity (Wildman–Crippen MR) is 123 cm³/mol. The molecular weight excluding hydrogens is 493 g/mol. The lowest BCUT2D eigenvalue weighted by Crippen LogP contribution is -2.38. The van der Waals surface area contributed by atoms with Gasteiger partial charge in [0.2, 0.25) is 0 Å². The lowest BCUT2D eigenvalue weighted by Gasteiger charge is -2.25. The van der Waals surface area contributed by atoms with Gasteiger partial charge in [0.25, 0.3) is 5.89 Å². The van der Waals surface area contributed by atoms with E-state index < -0.39 is 11.7 Å². The molecule has 0 radical (unpaired) electrons. The van der Waals surface area contributed by atoms with Crippen molar-refractivity contribution in [3.63, 3.8) is 0 Å². The molecule has 4 rings (SSSR count). The Labute approximate surface area is 204 Å². The molecule has 0 aliphatic carbocycles. The van der Waals surface area contributed by atoms with Crippen molar-refractivity contribution < 1.29 is 22.2 Å². The summed E-state index contributed by atoms with van der Waals surface area (Å²) < 4.78 is 49.7. The standard InChI is InChI=1S/C21H22ClF3N6O2S/c1-12-18(13(2)32-28-12)19-27-17(29-33-19)11-30-6-3-7-31(9-8-30)20(34)26-16-10-14(21(23,24)25)4-5-15(16)22/h4-5,10H,3,6-9,11H2,1-2H3,(H,26,34). The van der Waals surface area contributed by atoms with E-state index in [0.29, 0.717) is 60.0 Å². The van der Waals surface area contributed by atoms with Gasteiger partial charge in [-0.05, 0) is 50.7 Å². The average Bonchev–Trinajstić information content (AvgIpc) is 3.27. The van der Waals surface area contributed by atoms with Gasteiger partial charge in [0.15, 0.2) is 10.9 Å². The minimum atomic E-state index is -4.47. The van der Waals surface area contributed by atoms with Crippen LogP contribution in [0.2, 0.25) is 5.02 Å². The first-order chi connectivity index (χ1) is 16.1. The van der Waals surface area contributed by atoms with Crippen LogP contribution in [0.3, 0.4) is 0 Å². The van der Waals surface area contributed by atoms with Gasteiger partial charge in [-0.15, -0.1) is 0 Å². The van der Waals surface area contributed by atoms with Gasteiger partial charge in [-0.1, -0.05) is 21.9 Å². The molecule has 1 aromatic carbocycles. The molecule has 1 fully saturated rings.